The van der Waals surface area contributed by atoms with Crippen molar-refractivity contribution in [2.24, 2.45) is 5.92 Å². The molecule has 34 heavy (non-hydrogen) atoms. The van der Waals surface area contributed by atoms with Gasteiger partial charge in [-0.3, -0.25) is 4.79 Å². The van der Waals surface area contributed by atoms with E-state index in [1.165, 1.54) is 0 Å². The summed E-state index contributed by atoms with van der Waals surface area (Å²) >= 11 is 0. The van der Waals surface area contributed by atoms with Crippen LogP contribution in [0.25, 0.3) is 10.9 Å². The maximum atomic E-state index is 12.7. The van der Waals surface area contributed by atoms with Crippen LogP contribution in [0.1, 0.15) is 39.0 Å². The molecular weight excluding hydrogens is 426 g/mol. The lowest BCUT2D eigenvalue weighted by Gasteiger charge is -2.30. The summed E-state index contributed by atoms with van der Waals surface area (Å²) in [5.41, 5.74) is 0.947. The van der Waals surface area contributed by atoms with Crippen LogP contribution in [-0.4, -0.2) is 48.7 Å². The summed E-state index contributed by atoms with van der Waals surface area (Å²) in [6, 6.07) is 18.0. The molecule has 7 heteroatoms. The predicted molar refractivity (Wildman–Crippen MR) is 137 cm³/mol. The second kappa shape index (κ2) is 11.2. The average molecular weight is 462 g/mol. The highest BCUT2D eigenvalue weighted by atomic mass is 16.5. The van der Waals surface area contributed by atoms with Crippen LogP contribution in [0, 0.1) is 5.92 Å². The van der Waals surface area contributed by atoms with E-state index < -0.39 is 6.10 Å². The van der Waals surface area contributed by atoms with E-state index >= 15 is 0 Å². The van der Waals surface area contributed by atoms with Crippen molar-refractivity contribution >= 4 is 28.6 Å². The molecule has 1 aromatic heterocycles. The number of anilines is 2. The molecule has 0 saturated heterocycles. The first-order chi connectivity index (χ1) is 16.5. The molecular formula is C27H35N5O2. The minimum Gasteiger partial charge on any atom is -0.481 e. The molecule has 180 valence electrons. The second-order valence-electron chi connectivity index (χ2n) is 9.22. The molecule has 1 unspecified atom stereocenters. The number of aromatic nitrogens is 2. The first-order valence-electron chi connectivity index (χ1n) is 12.2. The molecule has 1 fully saturated rings. The molecule has 1 aliphatic carbocycles. The summed E-state index contributed by atoms with van der Waals surface area (Å²) < 4.78 is 5.87. The Balaban J connectivity index is 1.27. The van der Waals surface area contributed by atoms with Crippen LogP contribution in [0.2, 0.25) is 0 Å². The van der Waals surface area contributed by atoms with Crippen molar-refractivity contribution in [3.05, 3.63) is 54.6 Å². The van der Waals surface area contributed by atoms with Crippen LogP contribution in [-0.2, 0) is 4.79 Å². The summed E-state index contributed by atoms with van der Waals surface area (Å²) in [4.78, 5) is 24.2. The fourth-order valence-corrected chi connectivity index (χ4v) is 4.50. The van der Waals surface area contributed by atoms with E-state index in [1.54, 1.807) is 0 Å². The van der Waals surface area contributed by atoms with Crippen molar-refractivity contribution < 1.29 is 9.53 Å². The molecule has 4 rings (SSSR count). The fraction of sp³-hybridized carbons (Fsp3) is 0.444. The number of nitrogens with zero attached hydrogens (tertiary/aromatic N) is 3. The molecule has 2 aromatic carbocycles. The zero-order valence-corrected chi connectivity index (χ0v) is 20.3. The lowest BCUT2D eigenvalue weighted by molar-refractivity contribution is -0.128. The molecule has 1 heterocycles. The molecule has 2 N–H and O–H groups in total. The van der Waals surface area contributed by atoms with Gasteiger partial charge in [0.25, 0.3) is 5.91 Å². The Hall–Kier alpha value is -3.35. The van der Waals surface area contributed by atoms with E-state index in [9.17, 15) is 4.79 Å². The van der Waals surface area contributed by atoms with Crippen molar-refractivity contribution in [2.75, 3.05) is 30.9 Å². The van der Waals surface area contributed by atoms with Gasteiger partial charge in [0.15, 0.2) is 6.10 Å². The number of hydrogen-bond donors (Lipinski definition) is 2. The Labute approximate surface area is 201 Å². The monoisotopic (exact) mass is 461 g/mol. The number of fused-ring (bicyclic) bond motifs is 1. The van der Waals surface area contributed by atoms with Crippen LogP contribution in [0.5, 0.6) is 5.75 Å². The number of amides is 1. The van der Waals surface area contributed by atoms with E-state index in [4.69, 9.17) is 14.7 Å². The van der Waals surface area contributed by atoms with Crippen molar-refractivity contribution in [1.29, 1.82) is 0 Å². The number of carbonyl (C=O) groups excluding carboxylic acids is 1. The molecule has 1 aliphatic rings. The first-order valence-corrected chi connectivity index (χ1v) is 12.2. The SMILES string of the molecule is CCC(Oc1ccccc1)C(=O)NC[C@H]1CC[C@@H](Nc2nc(N(C)C)c3ccccc3n2)CC1. The van der Waals surface area contributed by atoms with E-state index in [0.717, 1.165) is 48.2 Å². The molecule has 0 aliphatic heterocycles. The van der Waals surface area contributed by atoms with E-state index in [0.29, 0.717) is 30.9 Å². The third-order valence-corrected chi connectivity index (χ3v) is 6.44. The summed E-state index contributed by atoms with van der Waals surface area (Å²) in [6.07, 6.45) is 4.36. The quantitative estimate of drug-likeness (QED) is 0.483. The smallest absolute Gasteiger partial charge is 0.261 e. The van der Waals surface area contributed by atoms with Gasteiger partial charge in [0.1, 0.15) is 11.6 Å². The Bertz CT molecular complexity index is 1080. The Kier molecular flexibility index (Phi) is 7.83. The standard InChI is InChI=1S/C27H35N5O2/c1-4-24(34-21-10-6-5-7-11-21)26(33)28-18-19-14-16-20(17-15-19)29-27-30-23-13-9-8-12-22(23)25(31-27)32(2)3/h5-13,19-20,24H,4,14-18H2,1-3H3,(H,28,33)(H,29,30,31)/t19-,20+,24?. The maximum Gasteiger partial charge on any atom is 0.261 e. The highest BCUT2D eigenvalue weighted by Gasteiger charge is 2.24. The van der Waals surface area contributed by atoms with Gasteiger partial charge in [-0.2, -0.15) is 4.98 Å². The van der Waals surface area contributed by atoms with Crippen LogP contribution >= 0.6 is 0 Å². The van der Waals surface area contributed by atoms with Crippen LogP contribution in [0.15, 0.2) is 54.6 Å². The number of benzene rings is 2. The van der Waals surface area contributed by atoms with Crippen LogP contribution in [0.3, 0.4) is 0 Å². The van der Waals surface area contributed by atoms with Crippen molar-refractivity contribution in [2.45, 2.75) is 51.2 Å². The van der Waals surface area contributed by atoms with Gasteiger partial charge in [0.05, 0.1) is 5.52 Å². The number of ether oxygens (including phenoxy) is 1. The van der Waals surface area contributed by atoms with Gasteiger partial charge in [-0.1, -0.05) is 37.3 Å². The summed E-state index contributed by atoms with van der Waals surface area (Å²) in [5, 5.41) is 7.72. The largest absolute Gasteiger partial charge is 0.481 e. The summed E-state index contributed by atoms with van der Waals surface area (Å²) in [6.45, 7) is 2.66. The maximum absolute atomic E-state index is 12.7. The average Bonchev–Trinajstić information content (AvgIpc) is 2.86. The number of hydrogen-bond acceptors (Lipinski definition) is 6. The Morgan fingerprint density at radius 3 is 2.44 bits per heavy atom. The third kappa shape index (κ3) is 5.95. The summed E-state index contributed by atoms with van der Waals surface area (Å²) in [7, 11) is 4.01. The van der Waals surface area contributed by atoms with E-state index in [1.807, 2.05) is 74.4 Å². The lowest BCUT2D eigenvalue weighted by atomic mass is 9.86. The predicted octanol–water partition coefficient (Wildman–Crippen LogP) is 4.64. The number of nitrogens with one attached hydrogen (secondary N) is 2. The second-order valence-corrected chi connectivity index (χ2v) is 9.22. The van der Waals surface area contributed by atoms with Crippen molar-refractivity contribution in [1.82, 2.24) is 15.3 Å². The molecule has 3 aromatic rings. The van der Waals surface area contributed by atoms with Crippen LogP contribution < -0.4 is 20.3 Å². The molecule has 0 spiro atoms. The Morgan fingerprint density at radius 1 is 1.03 bits per heavy atom. The zero-order valence-electron chi connectivity index (χ0n) is 20.3. The van der Waals surface area contributed by atoms with Crippen molar-refractivity contribution in [3.8, 4) is 5.75 Å². The summed E-state index contributed by atoms with van der Waals surface area (Å²) in [5.74, 6) is 2.78. The molecule has 0 radical (unpaired) electrons. The molecule has 1 saturated carbocycles. The highest BCUT2D eigenvalue weighted by Crippen LogP contribution is 2.28. The molecule has 0 bridgehead atoms. The first kappa shape index (κ1) is 23.8. The van der Waals surface area contributed by atoms with E-state index in [2.05, 4.69) is 16.7 Å². The topological polar surface area (TPSA) is 79.4 Å². The van der Waals surface area contributed by atoms with E-state index in [-0.39, 0.29) is 5.91 Å². The van der Waals surface area contributed by atoms with Gasteiger partial charge in [0, 0.05) is 32.1 Å². The number of rotatable bonds is 9. The normalized spacial score (nSPS) is 18.8. The van der Waals surface area contributed by atoms with Gasteiger partial charge in [-0.15, -0.1) is 0 Å². The number of para-hydroxylation sites is 2. The molecule has 1 amide bonds. The highest BCUT2D eigenvalue weighted by molar-refractivity contribution is 5.90. The zero-order chi connectivity index (χ0) is 23.9. The minimum atomic E-state index is -0.462. The third-order valence-electron chi connectivity index (χ3n) is 6.44. The van der Waals surface area contributed by atoms with Crippen LogP contribution in [0.4, 0.5) is 11.8 Å². The Morgan fingerprint density at radius 2 is 1.74 bits per heavy atom. The van der Waals surface area contributed by atoms with Gasteiger partial charge in [-0.05, 0) is 62.3 Å². The molecule has 1 atom stereocenters. The van der Waals surface area contributed by atoms with Crippen molar-refractivity contribution in [3.63, 3.8) is 0 Å². The number of carbonyl (C=O) groups is 1. The fourth-order valence-electron chi connectivity index (χ4n) is 4.50. The molecule has 7 nitrogen and oxygen atoms in total. The lowest BCUT2D eigenvalue weighted by Crippen LogP contribution is -2.41. The van der Waals surface area contributed by atoms with Gasteiger partial charge < -0.3 is 20.3 Å². The van der Waals surface area contributed by atoms with Gasteiger partial charge in [0.2, 0.25) is 5.95 Å². The minimum absolute atomic E-state index is 0.0348. The van der Waals surface area contributed by atoms with Gasteiger partial charge >= 0.3 is 0 Å². The van der Waals surface area contributed by atoms with Gasteiger partial charge in [-0.25, -0.2) is 4.98 Å².